The third kappa shape index (κ3) is 2.84. The summed E-state index contributed by atoms with van der Waals surface area (Å²) in [5, 5.41) is 2.61. The van der Waals surface area contributed by atoms with Crippen molar-refractivity contribution in [2.24, 2.45) is 0 Å². The van der Waals surface area contributed by atoms with Gasteiger partial charge < -0.3 is 10.2 Å². The lowest BCUT2D eigenvalue weighted by Crippen LogP contribution is -2.25. The standard InChI is InChI=1S/C7H12N2O2/c1-8-4-6(5-10)7(11)9(2)3/h4-5,8H,1-3H3/b6-4-. The molecule has 0 atom stereocenters. The van der Waals surface area contributed by atoms with Gasteiger partial charge in [-0.1, -0.05) is 0 Å². The smallest absolute Gasteiger partial charge is 0.258 e. The average molecular weight is 156 g/mol. The maximum Gasteiger partial charge on any atom is 0.258 e. The molecule has 0 unspecified atom stereocenters. The molecular formula is C7H12N2O2. The topological polar surface area (TPSA) is 49.4 Å². The van der Waals surface area contributed by atoms with Gasteiger partial charge >= 0.3 is 0 Å². The van der Waals surface area contributed by atoms with Gasteiger partial charge in [0.2, 0.25) is 0 Å². The summed E-state index contributed by atoms with van der Waals surface area (Å²) >= 11 is 0. The lowest BCUT2D eigenvalue weighted by Gasteiger charge is -2.08. The summed E-state index contributed by atoms with van der Waals surface area (Å²) < 4.78 is 0. The number of hydrogen-bond acceptors (Lipinski definition) is 3. The van der Waals surface area contributed by atoms with Crippen LogP contribution in [0, 0.1) is 0 Å². The van der Waals surface area contributed by atoms with Gasteiger partial charge in [0, 0.05) is 27.3 Å². The molecule has 0 aliphatic carbocycles. The Morgan fingerprint density at radius 2 is 2.00 bits per heavy atom. The molecule has 0 radical (unpaired) electrons. The zero-order chi connectivity index (χ0) is 8.85. The fourth-order valence-corrected chi connectivity index (χ4v) is 0.560. The maximum absolute atomic E-state index is 11.1. The molecule has 0 spiro atoms. The second kappa shape index (κ2) is 4.49. The normalized spacial score (nSPS) is 10.6. The van der Waals surface area contributed by atoms with Gasteiger partial charge in [0.25, 0.3) is 5.91 Å². The van der Waals surface area contributed by atoms with Crippen molar-refractivity contribution in [3.63, 3.8) is 0 Å². The number of amides is 1. The van der Waals surface area contributed by atoms with Gasteiger partial charge in [-0.2, -0.15) is 0 Å². The van der Waals surface area contributed by atoms with E-state index < -0.39 is 0 Å². The third-order valence-electron chi connectivity index (χ3n) is 1.08. The summed E-state index contributed by atoms with van der Waals surface area (Å²) in [7, 11) is 4.82. The first-order chi connectivity index (χ1) is 5.13. The molecule has 1 N–H and O–H groups in total. The Hall–Kier alpha value is -1.32. The summed E-state index contributed by atoms with van der Waals surface area (Å²) in [6, 6.07) is 0. The number of carbonyl (C=O) groups is 2. The summed E-state index contributed by atoms with van der Waals surface area (Å²) in [6.45, 7) is 0. The number of carbonyl (C=O) groups excluding carboxylic acids is 2. The SMILES string of the molecule is CN/C=C(/C=O)C(=O)N(C)C. The van der Waals surface area contributed by atoms with E-state index in [-0.39, 0.29) is 11.5 Å². The average Bonchev–Trinajstić information content (AvgIpc) is 1.98. The number of nitrogens with zero attached hydrogens (tertiary/aromatic N) is 1. The van der Waals surface area contributed by atoms with E-state index in [4.69, 9.17) is 0 Å². The van der Waals surface area contributed by atoms with Gasteiger partial charge in [-0.15, -0.1) is 0 Å². The van der Waals surface area contributed by atoms with E-state index in [1.807, 2.05) is 0 Å². The fourth-order valence-electron chi connectivity index (χ4n) is 0.560. The van der Waals surface area contributed by atoms with E-state index in [0.717, 1.165) is 0 Å². The van der Waals surface area contributed by atoms with Crippen LogP contribution in [-0.2, 0) is 9.59 Å². The predicted molar refractivity (Wildman–Crippen MR) is 41.9 cm³/mol. The molecule has 0 saturated carbocycles. The molecule has 0 bridgehead atoms. The molecule has 11 heavy (non-hydrogen) atoms. The molecular weight excluding hydrogens is 144 g/mol. The molecule has 0 aromatic heterocycles. The highest BCUT2D eigenvalue weighted by Crippen LogP contribution is 1.92. The minimum atomic E-state index is -0.297. The Balaban J connectivity index is 4.39. The van der Waals surface area contributed by atoms with E-state index in [1.165, 1.54) is 11.1 Å². The predicted octanol–water partition coefficient (Wildman–Crippen LogP) is -0.623. The second-order valence-corrected chi connectivity index (χ2v) is 2.21. The lowest BCUT2D eigenvalue weighted by molar-refractivity contribution is -0.125. The Morgan fingerprint density at radius 1 is 1.45 bits per heavy atom. The van der Waals surface area contributed by atoms with Gasteiger partial charge in [0.15, 0.2) is 6.29 Å². The molecule has 0 aromatic carbocycles. The first-order valence-electron chi connectivity index (χ1n) is 3.17. The van der Waals surface area contributed by atoms with Crippen LogP contribution in [0.5, 0.6) is 0 Å². The van der Waals surface area contributed by atoms with Gasteiger partial charge in [-0.25, -0.2) is 0 Å². The third-order valence-corrected chi connectivity index (χ3v) is 1.08. The van der Waals surface area contributed by atoms with Crippen molar-refractivity contribution < 1.29 is 9.59 Å². The molecule has 1 amide bonds. The molecule has 0 aliphatic heterocycles. The maximum atomic E-state index is 11.1. The molecule has 0 saturated heterocycles. The van der Waals surface area contributed by atoms with Crippen LogP contribution in [-0.4, -0.2) is 38.2 Å². The van der Waals surface area contributed by atoms with Crippen LogP contribution in [0.1, 0.15) is 0 Å². The van der Waals surface area contributed by atoms with Crippen molar-refractivity contribution in [2.45, 2.75) is 0 Å². The number of nitrogens with one attached hydrogen (secondary N) is 1. The molecule has 0 aliphatic rings. The van der Waals surface area contributed by atoms with Gasteiger partial charge in [-0.05, 0) is 0 Å². The van der Waals surface area contributed by atoms with Gasteiger partial charge in [0.05, 0.1) is 5.57 Å². The summed E-state index contributed by atoms with van der Waals surface area (Å²) in [5.74, 6) is -0.297. The number of likely N-dealkylation sites (N-methyl/N-ethyl adjacent to an activating group) is 1. The van der Waals surface area contributed by atoms with Crippen molar-refractivity contribution in [1.29, 1.82) is 0 Å². The monoisotopic (exact) mass is 156 g/mol. The Kier molecular flexibility index (Phi) is 3.95. The molecule has 0 aromatic rings. The highest BCUT2D eigenvalue weighted by molar-refractivity contribution is 6.10. The first kappa shape index (κ1) is 9.68. The van der Waals surface area contributed by atoms with Crippen LogP contribution in [0.15, 0.2) is 11.8 Å². The van der Waals surface area contributed by atoms with Crippen LogP contribution >= 0.6 is 0 Å². The van der Waals surface area contributed by atoms with E-state index >= 15 is 0 Å². The van der Waals surface area contributed by atoms with Crippen molar-refractivity contribution in [3.8, 4) is 0 Å². The summed E-state index contributed by atoms with van der Waals surface area (Å²) in [5.41, 5.74) is 0.123. The van der Waals surface area contributed by atoms with E-state index in [1.54, 1.807) is 21.1 Å². The number of hydrogen-bond donors (Lipinski definition) is 1. The van der Waals surface area contributed by atoms with Crippen LogP contribution < -0.4 is 5.32 Å². The van der Waals surface area contributed by atoms with E-state index in [9.17, 15) is 9.59 Å². The van der Waals surface area contributed by atoms with Crippen LogP contribution in [0.4, 0.5) is 0 Å². The van der Waals surface area contributed by atoms with Crippen molar-refractivity contribution in [3.05, 3.63) is 11.8 Å². The van der Waals surface area contributed by atoms with Crippen LogP contribution in [0.2, 0.25) is 0 Å². The van der Waals surface area contributed by atoms with Gasteiger partial charge in [-0.3, -0.25) is 9.59 Å². The summed E-state index contributed by atoms with van der Waals surface area (Å²) in [4.78, 5) is 22.7. The van der Waals surface area contributed by atoms with Crippen LogP contribution in [0.25, 0.3) is 0 Å². The van der Waals surface area contributed by atoms with Gasteiger partial charge in [0.1, 0.15) is 0 Å². The number of rotatable bonds is 3. The summed E-state index contributed by atoms with van der Waals surface area (Å²) in [6.07, 6.45) is 1.90. The quantitative estimate of drug-likeness (QED) is 0.256. The zero-order valence-electron chi connectivity index (χ0n) is 6.92. The molecule has 0 fully saturated rings. The highest BCUT2D eigenvalue weighted by Gasteiger charge is 2.08. The Labute approximate surface area is 65.9 Å². The lowest BCUT2D eigenvalue weighted by atomic mass is 10.3. The van der Waals surface area contributed by atoms with Crippen molar-refractivity contribution in [2.75, 3.05) is 21.1 Å². The highest BCUT2D eigenvalue weighted by atomic mass is 16.2. The minimum Gasteiger partial charge on any atom is -0.393 e. The van der Waals surface area contributed by atoms with E-state index in [2.05, 4.69) is 5.32 Å². The van der Waals surface area contributed by atoms with E-state index in [0.29, 0.717) is 6.29 Å². The Morgan fingerprint density at radius 3 is 2.27 bits per heavy atom. The molecule has 0 rings (SSSR count). The largest absolute Gasteiger partial charge is 0.393 e. The first-order valence-corrected chi connectivity index (χ1v) is 3.17. The Bertz CT molecular complexity index is 185. The second-order valence-electron chi connectivity index (χ2n) is 2.21. The molecule has 4 nitrogen and oxygen atoms in total. The molecule has 4 heteroatoms. The minimum absolute atomic E-state index is 0.123. The fraction of sp³-hybridized carbons (Fsp3) is 0.429. The molecule has 0 heterocycles. The van der Waals surface area contributed by atoms with Crippen LogP contribution in [0.3, 0.4) is 0 Å². The van der Waals surface area contributed by atoms with Crippen molar-refractivity contribution in [1.82, 2.24) is 10.2 Å². The number of aldehydes is 1. The van der Waals surface area contributed by atoms with Crippen molar-refractivity contribution >= 4 is 12.2 Å². The molecule has 62 valence electrons. The zero-order valence-corrected chi connectivity index (χ0v) is 6.92.